The summed E-state index contributed by atoms with van der Waals surface area (Å²) in [5, 5.41) is 5.49. The number of hydrogen-bond donors (Lipinski definition) is 2. The number of carbonyl (C=O) groups excluding carboxylic acids is 2. The number of amidine groups is 1. The van der Waals surface area contributed by atoms with Crippen molar-refractivity contribution in [2.75, 3.05) is 23.5 Å². The first-order chi connectivity index (χ1) is 18.4. The minimum Gasteiger partial charge on any atom is -0.434 e. The van der Waals surface area contributed by atoms with Crippen molar-refractivity contribution in [1.29, 1.82) is 0 Å². The third-order valence-corrected chi connectivity index (χ3v) is 9.49. The topological polar surface area (TPSA) is 165 Å². The van der Waals surface area contributed by atoms with E-state index in [1.54, 1.807) is 31.2 Å². The number of benzene rings is 1. The van der Waals surface area contributed by atoms with Crippen molar-refractivity contribution in [3.8, 4) is 0 Å². The van der Waals surface area contributed by atoms with Crippen LogP contribution in [0.5, 0.6) is 0 Å². The van der Waals surface area contributed by atoms with Gasteiger partial charge >= 0.3 is 0 Å². The zero-order chi connectivity index (χ0) is 28.2. The SMILES string of the molecule is CCC(NC(=O)[C@H](CS(=O)(=O)CC1CC1)NC(CS(C)(=O)=O)=NC1CCCC1)C(=O)c1nc2ccccc2o1. The molecule has 0 saturated heterocycles. The van der Waals surface area contributed by atoms with E-state index in [-0.39, 0.29) is 35.9 Å². The minimum absolute atomic E-state index is 0.0430. The fraction of sp³-hybridized carbons (Fsp3) is 0.615. The van der Waals surface area contributed by atoms with Crippen molar-refractivity contribution in [2.24, 2.45) is 10.9 Å². The van der Waals surface area contributed by atoms with Crippen molar-refractivity contribution >= 4 is 48.3 Å². The van der Waals surface area contributed by atoms with Crippen molar-refractivity contribution in [1.82, 2.24) is 15.6 Å². The molecule has 4 rings (SSSR count). The van der Waals surface area contributed by atoms with Gasteiger partial charge in [0, 0.05) is 6.26 Å². The molecule has 2 N–H and O–H groups in total. The lowest BCUT2D eigenvalue weighted by molar-refractivity contribution is -0.122. The monoisotopic (exact) mass is 580 g/mol. The summed E-state index contributed by atoms with van der Waals surface area (Å²) in [4.78, 5) is 35.4. The Morgan fingerprint density at radius 2 is 1.74 bits per heavy atom. The van der Waals surface area contributed by atoms with E-state index in [4.69, 9.17) is 4.42 Å². The summed E-state index contributed by atoms with van der Waals surface area (Å²) >= 11 is 0. The Balaban J connectivity index is 1.56. The third kappa shape index (κ3) is 8.59. The molecule has 2 atom stereocenters. The molecule has 2 aliphatic carbocycles. The van der Waals surface area contributed by atoms with E-state index in [2.05, 4.69) is 20.6 Å². The maximum absolute atomic E-state index is 13.5. The number of para-hydroxylation sites is 2. The van der Waals surface area contributed by atoms with Gasteiger partial charge in [-0.1, -0.05) is 31.9 Å². The van der Waals surface area contributed by atoms with Gasteiger partial charge in [0.1, 0.15) is 23.1 Å². The zero-order valence-corrected chi connectivity index (χ0v) is 23.9. The smallest absolute Gasteiger partial charge is 0.266 e. The molecule has 0 aliphatic heterocycles. The van der Waals surface area contributed by atoms with Gasteiger partial charge in [-0.2, -0.15) is 0 Å². The average Bonchev–Trinajstić information content (AvgIpc) is 3.32. The van der Waals surface area contributed by atoms with Gasteiger partial charge in [0.2, 0.25) is 11.7 Å². The number of fused-ring (bicyclic) bond motifs is 1. The molecule has 39 heavy (non-hydrogen) atoms. The summed E-state index contributed by atoms with van der Waals surface area (Å²) in [5.41, 5.74) is 0.933. The van der Waals surface area contributed by atoms with Gasteiger partial charge < -0.3 is 15.1 Å². The molecular formula is C26H36N4O7S2. The summed E-state index contributed by atoms with van der Waals surface area (Å²) in [5.74, 6) is -2.34. The van der Waals surface area contributed by atoms with Crippen LogP contribution >= 0.6 is 0 Å². The fourth-order valence-corrected chi connectivity index (χ4v) is 7.30. The van der Waals surface area contributed by atoms with Gasteiger partial charge in [0.25, 0.3) is 5.89 Å². The number of oxazole rings is 1. The lowest BCUT2D eigenvalue weighted by atomic mass is 10.1. The van der Waals surface area contributed by atoms with Crippen LogP contribution in [0.3, 0.4) is 0 Å². The van der Waals surface area contributed by atoms with Gasteiger partial charge in [0.15, 0.2) is 25.3 Å². The number of carbonyl (C=O) groups is 2. The van der Waals surface area contributed by atoms with Gasteiger partial charge in [-0.3, -0.25) is 14.6 Å². The van der Waals surface area contributed by atoms with Crippen LogP contribution in [0.1, 0.15) is 62.6 Å². The Morgan fingerprint density at radius 1 is 1.05 bits per heavy atom. The molecule has 1 amide bonds. The van der Waals surface area contributed by atoms with E-state index in [9.17, 15) is 26.4 Å². The van der Waals surface area contributed by atoms with Crippen molar-refractivity contribution in [3.05, 3.63) is 30.2 Å². The third-order valence-electron chi connectivity index (χ3n) is 6.87. The van der Waals surface area contributed by atoms with Gasteiger partial charge in [-0.25, -0.2) is 21.8 Å². The Labute approximate surface area is 229 Å². The maximum atomic E-state index is 13.5. The molecule has 0 radical (unpaired) electrons. The number of aromatic nitrogens is 1. The number of rotatable bonds is 13. The summed E-state index contributed by atoms with van der Waals surface area (Å²) in [6, 6.07) is 4.44. The highest BCUT2D eigenvalue weighted by molar-refractivity contribution is 7.91. The molecule has 1 aromatic heterocycles. The van der Waals surface area contributed by atoms with Crippen molar-refractivity contribution in [3.63, 3.8) is 0 Å². The normalized spacial score (nSPS) is 18.7. The first kappa shape index (κ1) is 29.2. The Kier molecular flexibility index (Phi) is 9.10. The summed E-state index contributed by atoms with van der Waals surface area (Å²) < 4.78 is 55.8. The fourth-order valence-electron chi connectivity index (χ4n) is 4.72. The van der Waals surface area contributed by atoms with Gasteiger partial charge in [-0.05, 0) is 50.2 Å². The standard InChI is InChI=1S/C26H36N4O7S2/c1-3-19(24(31)26-30-20-10-6-7-11-22(20)37-26)29-25(32)21(15-39(35,36)14-17-12-13-17)28-23(16-38(2,33)34)27-18-8-4-5-9-18/h6-7,10-11,17-19,21H,3-5,8-9,12-16H2,1-2H3,(H,27,28)(H,29,32)/t19?,21-/m0/s1. The Morgan fingerprint density at radius 3 is 2.36 bits per heavy atom. The van der Waals surface area contributed by atoms with Gasteiger partial charge in [0.05, 0.1) is 23.6 Å². The van der Waals surface area contributed by atoms with Crippen LogP contribution in [0.4, 0.5) is 0 Å². The van der Waals surface area contributed by atoms with Crippen LogP contribution in [0.2, 0.25) is 0 Å². The van der Waals surface area contributed by atoms with E-state index in [1.165, 1.54) is 0 Å². The minimum atomic E-state index is -3.65. The molecule has 214 valence electrons. The molecule has 1 aromatic carbocycles. The van der Waals surface area contributed by atoms with Crippen molar-refractivity contribution in [2.45, 2.75) is 70.0 Å². The molecule has 1 heterocycles. The largest absolute Gasteiger partial charge is 0.434 e. The lowest BCUT2D eigenvalue weighted by Gasteiger charge is -2.23. The predicted molar refractivity (Wildman–Crippen MR) is 148 cm³/mol. The van der Waals surface area contributed by atoms with E-state index in [1.807, 2.05) is 0 Å². The molecule has 2 aliphatic rings. The number of Topliss-reactive ketones (excluding diaryl/α,β-unsaturated/α-hetero) is 1. The second kappa shape index (κ2) is 12.2. The molecule has 1 unspecified atom stereocenters. The highest BCUT2D eigenvalue weighted by atomic mass is 32.2. The average molecular weight is 581 g/mol. The first-order valence-electron chi connectivity index (χ1n) is 13.3. The van der Waals surface area contributed by atoms with E-state index in [0.29, 0.717) is 11.1 Å². The zero-order valence-electron chi connectivity index (χ0n) is 22.3. The Hall–Kier alpha value is -2.80. The van der Waals surface area contributed by atoms with Crippen LogP contribution in [0.15, 0.2) is 33.7 Å². The van der Waals surface area contributed by atoms with E-state index in [0.717, 1.165) is 44.8 Å². The number of hydrogen-bond acceptors (Lipinski definition) is 9. The lowest BCUT2D eigenvalue weighted by Crippen LogP contribution is -2.55. The Bertz CT molecular complexity index is 1410. The van der Waals surface area contributed by atoms with Crippen LogP contribution in [0, 0.1) is 5.92 Å². The summed E-state index contributed by atoms with van der Waals surface area (Å²) in [6.45, 7) is 1.70. The van der Waals surface area contributed by atoms with E-state index >= 15 is 0 Å². The number of amides is 1. The maximum Gasteiger partial charge on any atom is 0.266 e. The summed E-state index contributed by atoms with van der Waals surface area (Å²) in [7, 11) is -7.18. The van der Waals surface area contributed by atoms with Crippen molar-refractivity contribution < 1.29 is 30.8 Å². The molecular weight excluding hydrogens is 544 g/mol. The number of ketones is 1. The highest BCUT2D eigenvalue weighted by Crippen LogP contribution is 2.30. The first-order valence-corrected chi connectivity index (χ1v) is 17.2. The number of sulfone groups is 2. The molecule has 0 bridgehead atoms. The predicted octanol–water partition coefficient (Wildman–Crippen LogP) is 2.07. The summed E-state index contributed by atoms with van der Waals surface area (Å²) in [6.07, 6.45) is 6.44. The van der Waals surface area contributed by atoms with E-state index < -0.39 is 55.0 Å². The molecule has 13 heteroatoms. The molecule has 2 aromatic rings. The number of nitrogens with zero attached hydrogens (tertiary/aromatic N) is 2. The molecule has 11 nitrogen and oxygen atoms in total. The number of aliphatic imine (C=N–C) groups is 1. The number of nitrogens with one attached hydrogen (secondary N) is 2. The molecule has 2 saturated carbocycles. The van der Waals surface area contributed by atoms with Crippen LogP contribution in [-0.4, -0.2) is 81.0 Å². The van der Waals surface area contributed by atoms with Crippen LogP contribution in [0.25, 0.3) is 11.1 Å². The van der Waals surface area contributed by atoms with Crippen LogP contribution in [-0.2, 0) is 24.5 Å². The second-order valence-electron chi connectivity index (χ2n) is 10.6. The highest BCUT2D eigenvalue weighted by Gasteiger charge is 2.35. The molecule has 2 fully saturated rings. The van der Waals surface area contributed by atoms with Gasteiger partial charge in [-0.15, -0.1) is 0 Å². The molecule has 0 spiro atoms. The van der Waals surface area contributed by atoms with Crippen LogP contribution < -0.4 is 10.6 Å². The second-order valence-corrected chi connectivity index (χ2v) is 14.9. The quantitative estimate of drug-likeness (QED) is 0.205.